The Hall–Kier alpha value is -3.58. The molecule has 1 atom stereocenters. The van der Waals surface area contributed by atoms with Crippen molar-refractivity contribution >= 4 is 23.2 Å². The van der Waals surface area contributed by atoms with E-state index in [2.05, 4.69) is 49.2 Å². The van der Waals surface area contributed by atoms with Gasteiger partial charge in [-0.1, -0.05) is 35.9 Å². The van der Waals surface area contributed by atoms with E-state index in [0.29, 0.717) is 23.6 Å². The van der Waals surface area contributed by atoms with Gasteiger partial charge >= 0.3 is 0 Å². The molecule has 5 rings (SSSR count). The standard InChI is InChI=1S/C27H26N2O4S/c1-3-12-28(27(31)20-8-9-22-23(15-20)33-17-32-22)16-25(30)29-13-10-24-21(11-14-34-24)26(29)19-6-4-18(2)5-7-19/h3-9,11,14-15,26H,1,10,12-13,16-17H2,2H3. The van der Waals surface area contributed by atoms with E-state index in [1.165, 1.54) is 20.9 Å². The molecule has 2 aromatic carbocycles. The monoisotopic (exact) mass is 474 g/mol. The van der Waals surface area contributed by atoms with E-state index < -0.39 is 0 Å². The Balaban J connectivity index is 1.40. The summed E-state index contributed by atoms with van der Waals surface area (Å²) in [6.45, 7) is 6.84. The largest absolute Gasteiger partial charge is 0.454 e. The van der Waals surface area contributed by atoms with Gasteiger partial charge in [-0.25, -0.2) is 0 Å². The lowest BCUT2D eigenvalue weighted by Crippen LogP contribution is -2.46. The number of hydrogen-bond acceptors (Lipinski definition) is 5. The van der Waals surface area contributed by atoms with Crippen LogP contribution >= 0.6 is 11.3 Å². The van der Waals surface area contributed by atoms with Crippen molar-refractivity contribution in [1.29, 1.82) is 0 Å². The van der Waals surface area contributed by atoms with Crippen LogP contribution in [0.4, 0.5) is 0 Å². The number of benzene rings is 2. The zero-order chi connectivity index (χ0) is 23.7. The highest BCUT2D eigenvalue weighted by Gasteiger charge is 2.34. The zero-order valence-corrected chi connectivity index (χ0v) is 19.8. The van der Waals surface area contributed by atoms with Crippen LogP contribution in [-0.2, 0) is 11.2 Å². The number of thiophene rings is 1. The fourth-order valence-electron chi connectivity index (χ4n) is 4.53. The molecular weight excluding hydrogens is 448 g/mol. The summed E-state index contributed by atoms with van der Waals surface area (Å²) >= 11 is 1.74. The molecule has 0 fully saturated rings. The van der Waals surface area contributed by atoms with Gasteiger partial charge in [0.25, 0.3) is 5.91 Å². The molecule has 1 unspecified atom stereocenters. The summed E-state index contributed by atoms with van der Waals surface area (Å²) in [7, 11) is 0. The average Bonchev–Trinajstić information content (AvgIpc) is 3.52. The number of ether oxygens (including phenoxy) is 2. The lowest BCUT2D eigenvalue weighted by atomic mass is 9.92. The van der Waals surface area contributed by atoms with Crippen molar-refractivity contribution in [1.82, 2.24) is 9.80 Å². The predicted octanol–water partition coefficient (Wildman–Crippen LogP) is 4.59. The van der Waals surface area contributed by atoms with E-state index in [1.807, 2.05) is 4.90 Å². The molecule has 3 aromatic rings. The van der Waals surface area contributed by atoms with Crippen LogP contribution in [0.1, 0.15) is 38.0 Å². The molecule has 0 saturated carbocycles. The molecule has 6 nitrogen and oxygen atoms in total. The second kappa shape index (κ2) is 9.35. The summed E-state index contributed by atoms with van der Waals surface area (Å²) in [4.78, 5) is 31.7. The molecule has 0 aliphatic carbocycles. The van der Waals surface area contributed by atoms with Gasteiger partial charge in [-0.2, -0.15) is 0 Å². The van der Waals surface area contributed by atoms with E-state index >= 15 is 0 Å². The normalized spacial score (nSPS) is 16.1. The van der Waals surface area contributed by atoms with Gasteiger partial charge in [0, 0.05) is 23.5 Å². The summed E-state index contributed by atoms with van der Waals surface area (Å²) in [5, 5.41) is 2.09. The van der Waals surface area contributed by atoms with Gasteiger partial charge in [-0.05, 0) is 54.1 Å². The number of fused-ring (bicyclic) bond motifs is 2. The van der Waals surface area contributed by atoms with Crippen LogP contribution in [0.2, 0.25) is 0 Å². The minimum absolute atomic E-state index is 0.0267. The highest BCUT2D eigenvalue weighted by Crippen LogP contribution is 2.38. The number of amides is 2. The van der Waals surface area contributed by atoms with Crippen LogP contribution in [-0.4, -0.2) is 48.0 Å². The number of hydrogen-bond donors (Lipinski definition) is 0. The molecule has 3 heterocycles. The van der Waals surface area contributed by atoms with Crippen LogP contribution in [0.5, 0.6) is 11.5 Å². The predicted molar refractivity (Wildman–Crippen MR) is 131 cm³/mol. The topological polar surface area (TPSA) is 59.1 Å². The van der Waals surface area contributed by atoms with Crippen molar-refractivity contribution < 1.29 is 19.1 Å². The number of rotatable bonds is 6. The fraction of sp³-hybridized carbons (Fsp3) is 0.259. The Morgan fingerprint density at radius 1 is 1.15 bits per heavy atom. The second-order valence-corrected chi connectivity index (χ2v) is 9.49. The van der Waals surface area contributed by atoms with Gasteiger partial charge in [0.05, 0.1) is 6.04 Å². The molecular formula is C27H26N2O4S. The summed E-state index contributed by atoms with van der Waals surface area (Å²) in [5.74, 6) is 0.824. The molecule has 2 amide bonds. The van der Waals surface area contributed by atoms with Crippen LogP contribution in [0.25, 0.3) is 0 Å². The first-order chi connectivity index (χ1) is 16.5. The van der Waals surface area contributed by atoms with Gasteiger partial charge in [-0.15, -0.1) is 17.9 Å². The zero-order valence-electron chi connectivity index (χ0n) is 19.0. The highest BCUT2D eigenvalue weighted by atomic mass is 32.1. The van der Waals surface area contributed by atoms with Gasteiger partial charge in [0.2, 0.25) is 12.7 Å². The molecule has 0 radical (unpaired) electrons. The minimum atomic E-state index is -0.244. The molecule has 2 aliphatic rings. The summed E-state index contributed by atoms with van der Waals surface area (Å²) in [6, 6.07) is 15.4. The summed E-state index contributed by atoms with van der Waals surface area (Å²) < 4.78 is 10.8. The van der Waals surface area contributed by atoms with Gasteiger partial charge in [-0.3, -0.25) is 9.59 Å². The van der Waals surface area contributed by atoms with Gasteiger partial charge < -0.3 is 19.3 Å². The molecule has 0 saturated heterocycles. The number of nitrogens with zero attached hydrogens (tertiary/aromatic N) is 2. The average molecular weight is 475 g/mol. The fourth-order valence-corrected chi connectivity index (χ4v) is 5.44. The van der Waals surface area contributed by atoms with Gasteiger partial charge in [0.15, 0.2) is 11.5 Å². The Kier molecular flexibility index (Phi) is 6.11. The first-order valence-electron chi connectivity index (χ1n) is 11.3. The minimum Gasteiger partial charge on any atom is -0.454 e. The Morgan fingerprint density at radius 3 is 2.74 bits per heavy atom. The lowest BCUT2D eigenvalue weighted by Gasteiger charge is -2.37. The maximum absolute atomic E-state index is 13.6. The van der Waals surface area contributed by atoms with Crippen molar-refractivity contribution in [3.8, 4) is 11.5 Å². The molecule has 7 heteroatoms. The first kappa shape index (κ1) is 22.2. The SMILES string of the molecule is C=CCN(CC(=O)N1CCc2sccc2C1c1ccc(C)cc1)C(=O)c1ccc2c(c1)OCO2. The molecule has 34 heavy (non-hydrogen) atoms. The van der Waals surface area contributed by atoms with Crippen molar-refractivity contribution in [2.45, 2.75) is 19.4 Å². The summed E-state index contributed by atoms with van der Waals surface area (Å²) in [5.41, 5.74) is 3.88. The summed E-state index contributed by atoms with van der Waals surface area (Å²) in [6.07, 6.45) is 2.46. The highest BCUT2D eigenvalue weighted by molar-refractivity contribution is 7.10. The third-order valence-corrected chi connectivity index (χ3v) is 7.26. The molecule has 2 aliphatic heterocycles. The maximum atomic E-state index is 13.6. The van der Waals surface area contributed by atoms with E-state index in [1.54, 1.807) is 35.6 Å². The molecule has 0 N–H and O–H groups in total. The van der Waals surface area contributed by atoms with E-state index in [-0.39, 0.29) is 37.7 Å². The van der Waals surface area contributed by atoms with E-state index in [0.717, 1.165) is 12.0 Å². The van der Waals surface area contributed by atoms with Crippen LogP contribution in [0.15, 0.2) is 66.6 Å². The van der Waals surface area contributed by atoms with Gasteiger partial charge in [0.1, 0.15) is 6.54 Å². The Morgan fingerprint density at radius 2 is 1.94 bits per heavy atom. The third-order valence-electron chi connectivity index (χ3n) is 6.26. The Labute approximate surface area is 203 Å². The van der Waals surface area contributed by atoms with Crippen molar-refractivity contribution in [3.63, 3.8) is 0 Å². The maximum Gasteiger partial charge on any atom is 0.254 e. The van der Waals surface area contributed by atoms with Crippen LogP contribution < -0.4 is 9.47 Å². The smallest absolute Gasteiger partial charge is 0.254 e. The lowest BCUT2D eigenvalue weighted by molar-refractivity contribution is -0.133. The van der Waals surface area contributed by atoms with E-state index in [4.69, 9.17) is 9.47 Å². The van der Waals surface area contributed by atoms with Crippen molar-refractivity contribution in [3.05, 3.63) is 93.7 Å². The van der Waals surface area contributed by atoms with Crippen LogP contribution in [0.3, 0.4) is 0 Å². The Bertz CT molecular complexity index is 1230. The van der Waals surface area contributed by atoms with E-state index in [9.17, 15) is 9.59 Å². The quantitative estimate of drug-likeness (QED) is 0.491. The molecule has 174 valence electrons. The number of carbonyl (C=O) groups excluding carboxylic acids is 2. The molecule has 1 aromatic heterocycles. The number of aryl methyl sites for hydroxylation is 1. The first-order valence-corrected chi connectivity index (χ1v) is 12.1. The third kappa shape index (κ3) is 4.19. The van der Waals surface area contributed by atoms with Crippen molar-refractivity contribution in [2.75, 3.05) is 26.4 Å². The number of carbonyl (C=O) groups is 2. The molecule has 0 spiro atoms. The molecule has 0 bridgehead atoms. The van der Waals surface area contributed by atoms with Crippen LogP contribution in [0, 0.1) is 6.92 Å². The second-order valence-electron chi connectivity index (χ2n) is 8.49. The van der Waals surface area contributed by atoms with Crippen molar-refractivity contribution in [2.24, 2.45) is 0 Å².